The first-order valence-corrected chi connectivity index (χ1v) is 10.8. The molecule has 2 aromatic rings. The third kappa shape index (κ3) is 3.39. The highest BCUT2D eigenvalue weighted by atomic mass is 32.2. The maximum atomic E-state index is 13.0. The summed E-state index contributed by atoms with van der Waals surface area (Å²) in [4.78, 5) is 18.7. The van der Waals surface area contributed by atoms with Crippen LogP contribution < -0.4 is 0 Å². The van der Waals surface area contributed by atoms with E-state index in [0.717, 1.165) is 24.8 Å². The first-order chi connectivity index (χ1) is 13.0. The van der Waals surface area contributed by atoms with Crippen molar-refractivity contribution in [2.24, 2.45) is 0 Å². The van der Waals surface area contributed by atoms with Crippen LogP contribution >= 0.6 is 0 Å². The number of aromatic nitrogens is 2. The molecule has 0 N–H and O–H groups in total. The quantitative estimate of drug-likeness (QED) is 0.795. The summed E-state index contributed by atoms with van der Waals surface area (Å²) in [7, 11) is -3.52. The highest BCUT2D eigenvalue weighted by Crippen LogP contribution is 2.27. The number of hydrogen-bond donors (Lipinski definition) is 0. The predicted octanol–water partition coefficient (Wildman–Crippen LogP) is 1.47. The lowest BCUT2D eigenvalue weighted by Gasteiger charge is -2.35. The fourth-order valence-corrected chi connectivity index (χ4v) is 5.37. The molecule has 1 amide bonds. The van der Waals surface area contributed by atoms with Gasteiger partial charge in [0.25, 0.3) is 0 Å². The van der Waals surface area contributed by atoms with Gasteiger partial charge in [-0.1, -0.05) is 6.07 Å². The lowest BCUT2D eigenvalue weighted by atomic mass is 10.1. The van der Waals surface area contributed by atoms with Crippen LogP contribution in [0.3, 0.4) is 0 Å². The predicted molar refractivity (Wildman–Crippen MR) is 101 cm³/mol. The summed E-state index contributed by atoms with van der Waals surface area (Å²) in [6.45, 7) is 3.28. The average molecular weight is 388 g/mol. The Morgan fingerprint density at radius 1 is 1.11 bits per heavy atom. The van der Waals surface area contributed by atoms with Crippen molar-refractivity contribution < 1.29 is 13.2 Å². The molecule has 27 heavy (non-hydrogen) atoms. The van der Waals surface area contributed by atoms with E-state index in [1.165, 1.54) is 9.87 Å². The maximum absolute atomic E-state index is 13.0. The van der Waals surface area contributed by atoms with Crippen LogP contribution in [0.2, 0.25) is 0 Å². The molecule has 1 aromatic carbocycles. The SMILES string of the molecule is C[C@@H](C(=O)N1CCN(S(=O)(=O)c2ccc3c(c2)CCC3)CC1)n1ccnc1. The fraction of sp³-hybridized carbons (Fsp3) is 0.474. The average Bonchev–Trinajstić information content (AvgIpc) is 3.38. The first-order valence-electron chi connectivity index (χ1n) is 9.35. The number of nitrogens with zero attached hydrogens (tertiary/aromatic N) is 4. The highest BCUT2D eigenvalue weighted by molar-refractivity contribution is 7.89. The summed E-state index contributed by atoms with van der Waals surface area (Å²) < 4.78 is 29.2. The van der Waals surface area contributed by atoms with Gasteiger partial charge in [0.1, 0.15) is 6.04 Å². The molecule has 0 unspecified atom stereocenters. The molecule has 8 heteroatoms. The third-order valence-electron chi connectivity index (χ3n) is 5.59. The van der Waals surface area contributed by atoms with E-state index in [4.69, 9.17) is 0 Å². The standard InChI is InChI=1S/C19H24N4O3S/c1-15(22-8-7-20-14-22)19(24)21-9-11-23(12-10-21)27(25,26)18-6-5-16-3-2-4-17(16)13-18/h5-8,13-15H,2-4,9-12H2,1H3/t15-/m0/s1. The number of sulfonamides is 1. The van der Waals surface area contributed by atoms with E-state index < -0.39 is 10.0 Å². The van der Waals surface area contributed by atoms with Gasteiger partial charge in [0.15, 0.2) is 0 Å². The topological polar surface area (TPSA) is 75.5 Å². The molecular weight excluding hydrogens is 364 g/mol. The Bertz CT molecular complexity index is 932. The van der Waals surface area contributed by atoms with E-state index in [1.54, 1.807) is 34.3 Å². The zero-order valence-electron chi connectivity index (χ0n) is 15.4. The van der Waals surface area contributed by atoms with Gasteiger partial charge >= 0.3 is 0 Å². The van der Waals surface area contributed by atoms with Gasteiger partial charge in [-0.2, -0.15) is 4.31 Å². The Balaban J connectivity index is 1.43. The first kappa shape index (κ1) is 18.2. The van der Waals surface area contributed by atoms with Crippen LogP contribution in [0.4, 0.5) is 0 Å². The Labute approximate surface area is 159 Å². The molecule has 2 heterocycles. The number of rotatable bonds is 4. The maximum Gasteiger partial charge on any atom is 0.245 e. The van der Waals surface area contributed by atoms with E-state index in [9.17, 15) is 13.2 Å². The van der Waals surface area contributed by atoms with Crippen molar-refractivity contribution in [2.75, 3.05) is 26.2 Å². The molecular formula is C19H24N4O3S. The second-order valence-corrected chi connectivity index (χ2v) is 9.14. The summed E-state index contributed by atoms with van der Waals surface area (Å²) in [5.74, 6) is -0.0115. The Morgan fingerprint density at radius 2 is 1.85 bits per heavy atom. The van der Waals surface area contributed by atoms with Gasteiger partial charge in [-0.15, -0.1) is 0 Å². The van der Waals surface area contributed by atoms with Crippen LogP contribution in [0.15, 0.2) is 41.8 Å². The van der Waals surface area contributed by atoms with E-state index in [2.05, 4.69) is 4.98 Å². The summed E-state index contributed by atoms with van der Waals surface area (Å²) in [5.41, 5.74) is 2.41. The zero-order chi connectivity index (χ0) is 19.0. The molecule has 0 saturated carbocycles. The number of aryl methyl sites for hydroxylation is 2. The van der Waals surface area contributed by atoms with Crippen LogP contribution in [-0.2, 0) is 27.7 Å². The second-order valence-electron chi connectivity index (χ2n) is 7.20. The molecule has 1 fully saturated rings. The Hall–Kier alpha value is -2.19. The van der Waals surface area contributed by atoms with Gasteiger partial charge in [-0.3, -0.25) is 4.79 Å². The van der Waals surface area contributed by atoms with Crippen molar-refractivity contribution in [1.82, 2.24) is 18.8 Å². The lowest BCUT2D eigenvalue weighted by molar-refractivity contribution is -0.135. The van der Waals surface area contributed by atoms with Crippen molar-refractivity contribution in [3.63, 3.8) is 0 Å². The molecule has 1 aliphatic carbocycles. The van der Waals surface area contributed by atoms with Gasteiger partial charge in [0.2, 0.25) is 15.9 Å². The summed E-state index contributed by atoms with van der Waals surface area (Å²) in [6.07, 6.45) is 8.10. The van der Waals surface area contributed by atoms with Crippen LogP contribution in [0.25, 0.3) is 0 Å². The molecule has 4 rings (SSSR count). The molecule has 1 aromatic heterocycles. The van der Waals surface area contributed by atoms with Crippen molar-refractivity contribution in [2.45, 2.75) is 37.1 Å². The highest BCUT2D eigenvalue weighted by Gasteiger charge is 2.32. The summed E-state index contributed by atoms with van der Waals surface area (Å²) in [5, 5.41) is 0. The lowest BCUT2D eigenvalue weighted by Crippen LogP contribution is -2.51. The molecule has 0 bridgehead atoms. The number of piperazine rings is 1. The number of imidazole rings is 1. The zero-order valence-corrected chi connectivity index (χ0v) is 16.2. The van der Waals surface area contributed by atoms with Gasteiger partial charge in [0, 0.05) is 38.6 Å². The van der Waals surface area contributed by atoms with Gasteiger partial charge in [-0.25, -0.2) is 13.4 Å². The monoisotopic (exact) mass is 388 g/mol. The number of hydrogen-bond acceptors (Lipinski definition) is 4. The fourth-order valence-electron chi connectivity index (χ4n) is 3.90. The Kier molecular flexibility index (Phi) is 4.77. The van der Waals surface area contributed by atoms with E-state index in [0.29, 0.717) is 31.1 Å². The van der Waals surface area contributed by atoms with E-state index in [1.807, 2.05) is 19.1 Å². The van der Waals surface area contributed by atoms with Crippen molar-refractivity contribution in [3.8, 4) is 0 Å². The van der Waals surface area contributed by atoms with E-state index >= 15 is 0 Å². The minimum absolute atomic E-state index is 0.0115. The van der Waals surface area contributed by atoms with Crippen LogP contribution in [-0.4, -0.2) is 59.3 Å². The Morgan fingerprint density at radius 3 is 2.56 bits per heavy atom. The van der Waals surface area contributed by atoms with Crippen LogP contribution in [0.5, 0.6) is 0 Å². The van der Waals surface area contributed by atoms with Crippen molar-refractivity contribution >= 4 is 15.9 Å². The molecule has 0 radical (unpaired) electrons. The normalized spacial score (nSPS) is 19.1. The van der Waals surface area contributed by atoms with E-state index in [-0.39, 0.29) is 11.9 Å². The largest absolute Gasteiger partial charge is 0.338 e. The smallest absolute Gasteiger partial charge is 0.245 e. The molecule has 1 aliphatic heterocycles. The van der Waals surface area contributed by atoms with Crippen LogP contribution in [0.1, 0.15) is 30.5 Å². The third-order valence-corrected chi connectivity index (χ3v) is 7.48. The van der Waals surface area contributed by atoms with Gasteiger partial charge < -0.3 is 9.47 Å². The van der Waals surface area contributed by atoms with Crippen molar-refractivity contribution in [1.29, 1.82) is 0 Å². The number of amides is 1. The van der Waals surface area contributed by atoms with Gasteiger partial charge in [0.05, 0.1) is 11.2 Å². The molecule has 0 spiro atoms. The van der Waals surface area contributed by atoms with Crippen molar-refractivity contribution in [3.05, 3.63) is 48.0 Å². The molecule has 1 atom stereocenters. The minimum Gasteiger partial charge on any atom is -0.338 e. The summed E-state index contributed by atoms with van der Waals surface area (Å²) in [6, 6.07) is 5.16. The minimum atomic E-state index is -3.52. The molecule has 144 valence electrons. The van der Waals surface area contributed by atoms with Crippen LogP contribution in [0, 0.1) is 0 Å². The number of fused-ring (bicyclic) bond motifs is 1. The van der Waals surface area contributed by atoms with Gasteiger partial charge in [-0.05, 0) is 49.4 Å². The number of carbonyl (C=O) groups is 1. The molecule has 2 aliphatic rings. The summed E-state index contributed by atoms with van der Waals surface area (Å²) >= 11 is 0. The number of carbonyl (C=O) groups excluding carboxylic acids is 1. The molecule has 1 saturated heterocycles. The molecule has 7 nitrogen and oxygen atoms in total. The number of benzene rings is 1. The second kappa shape index (κ2) is 7.09.